The molecule has 1 fully saturated rings. The predicted molar refractivity (Wildman–Crippen MR) is 84.4 cm³/mol. The molecule has 0 saturated carbocycles. The largest absolute Gasteiger partial charge is 0.445 e. The second-order valence-electron chi connectivity index (χ2n) is 4.97. The Kier molecular flexibility index (Phi) is 5.94. The Labute approximate surface area is 128 Å². The molecule has 1 amide bonds. The minimum atomic E-state index is -0.165. The first-order valence-corrected chi connectivity index (χ1v) is 8.33. The van der Waals surface area contributed by atoms with Crippen LogP contribution in [0, 0.1) is 5.92 Å². The molecule has 0 N–H and O–H groups in total. The number of halogens is 1. The molecule has 1 saturated heterocycles. The van der Waals surface area contributed by atoms with Crippen molar-refractivity contribution in [2.45, 2.75) is 25.9 Å². The maximum atomic E-state index is 12.0. The number of hydrogen-bond donors (Lipinski definition) is 0. The third-order valence-electron chi connectivity index (χ3n) is 3.50. The van der Waals surface area contributed by atoms with E-state index in [-0.39, 0.29) is 6.09 Å². The molecule has 0 spiro atoms. The average molecular weight is 373 g/mol. The molecule has 1 aromatic carbocycles. The van der Waals surface area contributed by atoms with E-state index >= 15 is 0 Å². The van der Waals surface area contributed by atoms with Gasteiger partial charge in [-0.2, -0.15) is 0 Å². The van der Waals surface area contributed by atoms with Crippen LogP contribution >= 0.6 is 22.6 Å². The normalized spacial score (nSPS) is 19.2. The van der Waals surface area contributed by atoms with E-state index in [4.69, 9.17) is 4.74 Å². The molecule has 2 rings (SSSR count). The van der Waals surface area contributed by atoms with E-state index in [1.165, 1.54) is 12.8 Å². The van der Waals surface area contributed by atoms with Crippen LogP contribution in [0.4, 0.5) is 4.79 Å². The molecule has 1 aliphatic heterocycles. The van der Waals surface area contributed by atoms with Gasteiger partial charge in [0.25, 0.3) is 0 Å². The number of carbonyl (C=O) groups is 1. The second-order valence-corrected chi connectivity index (χ2v) is 6.05. The van der Waals surface area contributed by atoms with Crippen LogP contribution in [-0.4, -0.2) is 28.5 Å². The molecule has 0 bridgehead atoms. The van der Waals surface area contributed by atoms with Gasteiger partial charge in [-0.15, -0.1) is 0 Å². The van der Waals surface area contributed by atoms with Crippen LogP contribution in [0.3, 0.4) is 0 Å². The van der Waals surface area contributed by atoms with Gasteiger partial charge in [-0.1, -0.05) is 52.9 Å². The third kappa shape index (κ3) is 4.67. The van der Waals surface area contributed by atoms with Crippen molar-refractivity contribution in [2.24, 2.45) is 5.92 Å². The summed E-state index contributed by atoms with van der Waals surface area (Å²) in [5.41, 5.74) is 1.04. The Morgan fingerprint density at radius 1 is 1.37 bits per heavy atom. The smallest absolute Gasteiger partial charge is 0.410 e. The van der Waals surface area contributed by atoms with Crippen LogP contribution in [-0.2, 0) is 11.3 Å². The number of nitrogens with zero attached hydrogens (tertiary/aromatic N) is 1. The molecule has 0 unspecified atom stereocenters. The van der Waals surface area contributed by atoms with Gasteiger partial charge in [-0.25, -0.2) is 4.79 Å². The first-order chi connectivity index (χ1) is 9.29. The van der Waals surface area contributed by atoms with E-state index in [2.05, 4.69) is 22.6 Å². The van der Waals surface area contributed by atoms with Gasteiger partial charge in [0.15, 0.2) is 0 Å². The van der Waals surface area contributed by atoms with Gasteiger partial charge in [0.05, 0.1) is 0 Å². The summed E-state index contributed by atoms with van der Waals surface area (Å²) < 4.78 is 6.54. The lowest BCUT2D eigenvalue weighted by Gasteiger charge is -2.31. The van der Waals surface area contributed by atoms with E-state index in [0.29, 0.717) is 12.5 Å². The van der Waals surface area contributed by atoms with Crippen LogP contribution < -0.4 is 0 Å². The summed E-state index contributed by atoms with van der Waals surface area (Å²) in [6.07, 6.45) is 3.37. The number of rotatable bonds is 4. The average Bonchev–Trinajstić information content (AvgIpc) is 2.46. The van der Waals surface area contributed by atoms with Crippen LogP contribution in [0.2, 0.25) is 0 Å². The predicted octanol–water partition coefficient (Wildman–Crippen LogP) is 3.86. The molecular weight excluding hydrogens is 353 g/mol. The molecule has 0 aromatic heterocycles. The number of amides is 1. The summed E-state index contributed by atoms with van der Waals surface area (Å²) in [7, 11) is 0. The minimum Gasteiger partial charge on any atom is -0.445 e. The lowest BCUT2D eigenvalue weighted by molar-refractivity contribution is 0.0788. The third-order valence-corrected chi connectivity index (χ3v) is 4.12. The molecular formula is C15H20INO2. The number of ether oxygens (including phenoxy) is 1. The van der Waals surface area contributed by atoms with Crippen molar-refractivity contribution >= 4 is 28.7 Å². The van der Waals surface area contributed by atoms with Gasteiger partial charge < -0.3 is 9.64 Å². The van der Waals surface area contributed by atoms with Crippen molar-refractivity contribution in [3.63, 3.8) is 0 Å². The van der Waals surface area contributed by atoms with Crippen molar-refractivity contribution < 1.29 is 9.53 Å². The summed E-state index contributed by atoms with van der Waals surface area (Å²) in [5, 5.41) is 0. The Hall–Kier alpha value is -0.780. The summed E-state index contributed by atoms with van der Waals surface area (Å²) >= 11 is 2.40. The highest BCUT2D eigenvalue weighted by Crippen LogP contribution is 2.21. The molecule has 4 heteroatoms. The highest BCUT2D eigenvalue weighted by atomic mass is 127. The molecule has 0 radical (unpaired) electrons. The van der Waals surface area contributed by atoms with Crippen molar-refractivity contribution in [2.75, 3.05) is 17.5 Å². The lowest BCUT2D eigenvalue weighted by atomic mass is 9.96. The van der Waals surface area contributed by atoms with Crippen molar-refractivity contribution in [3.8, 4) is 0 Å². The first kappa shape index (κ1) is 14.6. The molecule has 3 nitrogen and oxygen atoms in total. The number of carbonyl (C=O) groups excluding carboxylic acids is 1. The molecule has 0 aliphatic carbocycles. The maximum absolute atomic E-state index is 12.0. The van der Waals surface area contributed by atoms with Crippen LogP contribution in [0.25, 0.3) is 0 Å². The number of benzene rings is 1. The zero-order chi connectivity index (χ0) is 13.5. The SMILES string of the molecule is O=C(OCc1ccccc1)N1CCC[C@@H](CCI)C1. The lowest BCUT2D eigenvalue weighted by Crippen LogP contribution is -2.40. The zero-order valence-corrected chi connectivity index (χ0v) is 13.2. The molecule has 1 heterocycles. The summed E-state index contributed by atoms with van der Waals surface area (Å²) in [4.78, 5) is 13.9. The highest BCUT2D eigenvalue weighted by molar-refractivity contribution is 14.1. The fourth-order valence-electron chi connectivity index (χ4n) is 2.43. The van der Waals surface area contributed by atoms with E-state index in [9.17, 15) is 4.79 Å². The quantitative estimate of drug-likeness (QED) is 0.593. The highest BCUT2D eigenvalue weighted by Gasteiger charge is 2.24. The van der Waals surface area contributed by atoms with Gasteiger partial charge >= 0.3 is 6.09 Å². The van der Waals surface area contributed by atoms with Crippen molar-refractivity contribution in [1.82, 2.24) is 4.90 Å². The van der Waals surface area contributed by atoms with Crippen LogP contribution in [0.15, 0.2) is 30.3 Å². The Bertz CT molecular complexity index is 394. The molecule has 1 atom stereocenters. The summed E-state index contributed by atoms with van der Waals surface area (Å²) in [6.45, 7) is 2.06. The van der Waals surface area contributed by atoms with Crippen molar-refractivity contribution in [3.05, 3.63) is 35.9 Å². The standard InChI is InChI=1S/C15H20INO2/c16-9-8-13-7-4-10-17(11-13)15(18)19-12-14-5-2-1-3-6-14/h1-3,5-6,13H,4,7-12H2/t13-/m0/s1. The molecule has 1 aliphatic rings. The first-order valence-electron chi connectivity index (χ1n) is 6.81. The Morgan fingerprint density at radius 3 is 2.89 bits per heavy atom. The fraction of sp³-hybridized carbons (Fsp3) is 0.533. The number of hydrogen-bond acceptors (Lipinski definition) is 2. The maximum Gasteiger partial charge on any atom is 0.410 e. The second kappa shape index (κ2) is 7.72. The molecule has 1 aromatic rings. The molecule has 104 valence electrons. The number of likely N-dealkylation sites (tertiary alicyclic amines) is 1. The van der Waals surface area contributed by atoms with E-state index in [1.54, 1.807) is 0 Å². The topological polar surface area (TPSA) is 29.5 Å². The Morgan fingerprint density at radius 2 is 2.16 bits per heavy atom. The zero-order valence-electron chi connectivity index (χ0n) is 11.1. The molecule has 19 heavy (non-hydrogen) atoms. The van der Waals surface area contributed by atoms with E-state index < -0.39 is 0 Å². The summed E-state index contributed by atoms with van der Waals surface area (Å²) in [5.74, 6) is 0.648. The fourth-order valence-corrected chi connectivity index (χ4v) is 3.31. The van der Waals surface area contributed by atoms with Crippen LogP contribution in [0.1, 0.15) is 24.8 Å². The van der Waals surface area contributed by atoms with Gasteiger partial charge in [-0.05, 0) is 35.2 Å². The van der Waals surface area contributed by atoms with E-state index in [0.717, 1.165) is 29.5 Å². The van der Waals surface area contributed by atoms with Gasteiger partial charge in [-0.3, -0.25) is 0 Å². The summed E-state index contributed by atoms with van der Waals surface area (Å²) in [6, 6.07) is 9.83. The number of piperidine rings is 1. The van der Waals surface area contributed by atoms with Crippen LogP contribution in [0.5, 0.6) is 0 Å². The van der Waals surface area contributed by atoms with Crippen molar-refractivity contribution in [1.29, 1.82) is 0 Å². The van der Waals surface area contributed by atoms with E-state index in [1.807, 2.05) is 35.2 Å². The van der Waals surface area contributed by atoms with Gasteiger partial charge in [0.2, 0.25) is 0 Å². The van der Waals surface area contributed by atoms with Gasteiger partial charge in [0.1, 0.15) is 6.61 Å². The Balaban J connectivity index is 1.79. The van der Waals surface area contributed by atoms with Gasteiger partial charge in [0, 0.05) is 13.1 Å². The minimum absolute atomic E-state index is 0.165. The monoisotopic (exact) mass is 373 g/mol. The number of alkyl halides is 1.